The number of nitrogens with one attached hydrogen (secondary N) is 1. The van der Waals surface area contributed by atoms with Gasteiger partial charge in [0.15, 0.2) is 0 Å². The second-order valence-electron chi connectivity index (χ2n) is 3.81. The molecule has 96 valence electrons. The monoisotopic (exact) mass is 445 g/mol. The Morgan fingerprint density at radius 2 is 2.00 bits per heavy atom. The third kappa shape index (κ3) is 3.78. The van der Waals surface area contributed by atoms with Gasteiger partial charge in [0.05, 0.1) is 13.1 Å². The molecule has 2 nitrogen and oxygen atoms in total. The molecular weight excluding hydrogens is 434 g/mol. The highest BCUT2D eigenvalue weighted by molar-refractivity contribution is 9.12. The minimum absolute atomic E-state index is 0.0259. The van der Waals surface area contributed by atoms with Gasteiger partial charge < -0.3 is 5.32 Å². The Morgan fingerprint density at radius 3 is 2.35 bits per heavy atom. The van der Waals surface area contributed by atoms with Gasteiger partial charge in [0.2, 0.25) is 0 Å². The first kappa shape index (κ1) is 15.7. The second-order valence-corrected chi connectivity index (χ2v) is 8.12. The fourth-order valence-corrected chi connectivity index (χ4v) is 5.18. The Kier molecular flexibility index (Phi) is 6.16. The van der Waals surface area contributed by atoms with Crippen LogP contribution in [0.5, 0.6) is 0 Å². The summed E-state index contributed by atoms with van der Waals surface area (Å²) in [7, 11) is 0. The van der Waals surface area contributed by atoms with Crippen LogP contribution >= 0.6 is 59.1 Å². The van der Waals surface area contributed by atoms with Crippen LogP contribution in [-0.2, 0) is 0 Å². The molecule has 0 radical (unpaired) electrons. The van der Waals surface area contributed by atoms with Crippen LogP contribution in [0.3, 0.4) is 0 Å². The smallest absolute Gasteiger partial charge is 0.253 e. The average molecular weight is 448 g/mol. The molecule has 0 spiro atoms. The zero-order valence-corrected chi connectivity index (χ0v) is 15.2. The lowest BCUT2D eigenvalue weighted by Crippen LogP contribution is -2.49. The van der Waals surface area contributed by atoms with Crippen molar-refractivity contribution in [2.75, 3.05) is 5.33 Å². The van der Waals surface area contributed by atoms with Gasteiger partial charge in [-0.2, -0.15) is 0 Å². The highest BCUT2D eigenvalue weighted by Crippen LogP contribution is 2.32. The average Bonchev–Trinajstić information content (AvgIpc) is 2.65. The van der Waals surface area contributed by atoms with Gasteiger partial charge in [-0.25, -0.2) is 0 Å². The van der Waals surface area contributed by atoms with Gasteiger partial charge >= 0.3 is 0 Å². The lowest BCUT2D eigenvalue weighted by molar-refractivity contribution is 0.0903. The fourth-order valence-electron chi connectivity index (χ4n) is 1.45. The molecule has 0 aliphatic carbocycles. The Bertz CT molecular complexity index is 393. The maximum atomic E-state index is 12.2. The van der Waals surface area contributed by atoms with Crippen LogP contribution in [0.1, 0.15) is 37.0 Å². The first-order chi connectivity index (χ1) is 7.98. The molecule has 1 heterocycles. The molecule has 0 saturated carbocycles. The van der Waals surface area contributed by atoms with Crippen LogP contribution in [0.4, 0.5) is 0 Å². The van der Waals surface area contributed by atoms with E-state index in [2.05, 4.69) is 67.0 Å². The van der Waals surface area contributed by atoms with Crippen molar-refractivity contribution in [3.05, 3.63) is 19.2 Å². The maximum Gasteiger partial charge on any atom is 0.253 e. The van der Waals surface area contributed by atoms with Crippen LogP contribution in [0.15, 0.2) is 13.6 Å². The molecule has 0 aliphatic heterocycles. The first-order valence-electron chi connectivity index (χ1n) is 5.31. The van der Waals surface area contributed by atoms with E-state index in [1.54, 1.807) is 0 Å². The minimum atomic E-state index is -0.162. The molecule has 0 bridgehead atoms. The summed E-state index contributed by atoms with van der Waals surface area (Å²) in [4.78, 5) is 12.2. The van der Waals surface area contributed by atoms with Gasteiger partial charge in [-0.1, -0.05) is 29.8 Å². The Balaban J connectivity index is 2.88. The number of alkyl halides is 1. The Hall–Kier alpha value is 0.610. The standard InChI is InChI=1S/C11H14Br3NOS/c1-3-11(4-2,6-12)15-10(16)7-5-8(13)17-9(7)14/h5H,3-4,6H2,1-2H3,(H,15,16). The predicted molar refractivity (Wildman–Crippen MR) is 84.3 cm³/mol. The Morgan fingerprint density at radius 1 is 1.41 bits per heavy atom. The summed E-state index contributed by atoms with van der Waals surface area (Å²) in [5.74, 6) is -0.0259. The van der Waals surface area contributed by atoms with E-state index in [-0.39, 0.29) is 11.4 Å². The third-order valence-corrected chi connectivity index (χ3v) is 6.30. The molecule has 0 aromatic carbocycles. The number of rotatable bonds is 5. The van der Waals surface area contributed by atoms with Crippen LogP contribution in [0.25, 0.3) is 0 Å². The third-order valence-electron chi connectivity index (χ3n) is 2.89. The number of hydrogen-bond acceptors (Lipinski definition) is 2. The molecule has 1 aromatic rings. The summed E-state index contributed by atoms with van der Waals surface area (Å²) in [5, 5.41) is 3.89. The lowest BCUT2D eigenvalue weighted by atomic mass is 9.95. The van der Waals surface area contributed by atoms with Crippen LogP contribution in [-0.4, -0.2) is 16.8 Å². The Labute approximate surface area is 131 Å². The van der Waals surface area contributed by atoms with Crippen molar-refractivity contribution in [2.24, 2.45) is 0 Å². The van der Waals surface area contributed by atoms with Crippen molar-refractivity contribution < 1.29 is 4.79 Å². The summed E-state index contributed by atoms with van der Waals surface area (Å²) in [6, 6.07) is 1.84. The molecule has 17 heavy (non-hydrogen) atoms. The molecule has 1 rings (SSSR count). The molecule has 0 aliphatic rings. The largest absolute Gasteiger partial charge is 0.346 e. The molecule has 6 heteroatoms. The number of carbonyl (C=O) groups is 1. The van der Waals surface area contributed by atoms with Gasteiger partial charge in [0.25, 0.3) is 5.91 Å². The van der Waals surface area contributed by atoms with Crippen molar-refractivity contribution in [3.8, 4) is 0 Å². The van der Waals surface area contributed by atoms with Gasteiger partial charge in [0, 0.05) is 10.9 Å². The zero-order valence-electron chi connectivity index (χ0n) is 9.65. The SMILES string of the molecule is CCC(CC)(CBr)NC(=O)c1cc(Br)sc1Br. The summed E-state index contributed by atoms with van der Waals surface area (Å²) < 4.78 is 1.81. The van der Waals surface area contributed by atoms with Gasteiger partial charge in [-0.05, 0) is 50.8 Å². The van der Waals surface area contributed by atoms with E-state index in [0.29, 0.717) is 5.56 Å². The van der Waals surface area contributed by atoms with Crippen molar-refractivity contribution >= 4 is 65.0 Å². The zero-order chi connectivity index (χ0) is 13.1. The van der Waals surface area contributed by atoms with Crippen LogP contribution in [0, 0.1) is 0 Å². The first-order valence-corrected chi connectivity index (χ1v) is 8.83. The summed E-state index contributed by atoms with van der Waals surface area (Å²) in [5.41, 5.74) is 0.527. The highest BCUT2D eigenvalue weighted by Gasteiger charge is 2.28. The topological polar surface area (TPSA) is 29.1 Å². The van der Waals surface area contributed by atoms with E-state index >= 15 is 0 Å². The maximum absolute atomic E-state index is 12.2. The van der Waals surface area contributed by atoms with E-state index in [1.807, 2.05) is 6.07 Å². The molecule has 1 N–H and O–H groups in total. The molecule has 0 saturated heterocycles. The molecule has 0 atom stereocenters. The van der Waals surface area contributed by atoms with E-state index in [0.717, 1.165) is 25.7 Å². The number of amides is 1. The molecule has 1 aromatic heterocycles. The van der Waals surface area contributed by atoms with Gasteiger partial charge in [-0.15, -0.1) is 11.3 Å². The van der Waals surface area contributed by atoms with Gasteiger partial charge in [-0.3, -0.25) is 4.79 Å². The molecule has 0 fully saturated rings. The number of thiophene rings is 1. The second kappa shape index (κ2) is 6.68. The number of halogens is 3. The van der Waals surface area contributed by atoms with Gasteiger partial charge in [0.1, 0.15) is 0 Å². The lowest BCUT2D eigenvalue weighted by Gasteiger charge is -2.30. The van der Waals surface area contributed by atoms with Crippen molar-refractivity contribution in [1.29, 1.82) is 0 Å². The number of carbonyl (C=O) groups excluding carboxylic acids is 1. The predicted octanol–water partition coefficient (Wildman–Crippen LogP) is 4.96. The van der Waals surface area contributed by atoms with Crippen LogP contribution < -0.4 is 5.32 Å². The van der Waals surface area contributed by atoms with E-state index in [4.69, 9.17) is 0 Å². The van der Waals surface area contributed by atoms with E-state index in [1.165, 1.54) is 11.3 Å². The van der Waals surface area contributed by atoms with Crippen LogP contribution in [0.2, 0.25) is 0 Å². The van der Waals surface area contributed by atoms with Crippen molar-refractivity contribution in [1.82, 2.24) is 5.32 Å². The molecule has 0 unspecified atom stereocenters. The highest BCUT2D eigenvalue weighted by atomic mass is 79.9. The molecular formula is C11H14Br3NOS. The van der Waals surface area contributed by atoms with Crippen molar-refractivity contribution in [3.63, 3.8) is 0 Å². The van der Waals surface area contributed by atoms with E-state index in [9.17, 15) is 4.79 Å². The normalized spacial score (nSPS) is 11.6. The quantitative estimate of drug-likeness (QED) is 0.635. The number of hydrogen-bond donors (Lipinski definition) is 1. The summed E-state index contributed by atoms with van der Waals surface area (Å²) in [6.45, 7) is 4.17. The van der Waals surface area contributed by atoms with Crippen molar-refractivity contribution in [2.45, 2.75) is 32.2 Å². The summed E-state index contributed by atoms with van der Waals surface area (Å²) >= 11 is 11.8. The van der Waals surface area contributed by atoms with E-state index < -0.39 is 0 Å². The summed E-state index contributed by atoms with van der Waals surface area (Å²) in [6.07, 6.45) is 1.81. The minimum Gasteiger partial charge on any atom is -0.346 e. The fraction of sp³-hybridized carbons (Fsp3) is 0.545. The molecule has 1 amide bonds.